The molecule has 1 aliphatic rings. The Morgan fingerprint density at radius 2 is 1.25 bits per heavy atom. The number of benzene rings is 4. The smallest absolute Gasteiger partial charge is 0.203 e. The summed E-state index contributed by atoms with van der Waals surface area (Å²) in [6.45, 7) is 1.98. The fourth-order valence-corrected chi connectivity index (χ4v) is 6.82. The second kappa shape index (κ2) is 19.4. The van der Waals surface area contributed by atoms with Crippen molar-refractivity contribution in [2.24, 2.45) is 0 Å². The molecule has 11 nitrogen and oxygen atoms in total. The molecule has 0 saturated carbocycles. The van der Waals surface area contributed by atoms with Crippen LogP contribution in [0.25, 0.3) is 22.6 Å². The third kappa shape index (κ3) is 9.89. The zero-order valence-electron chi connectivity index (χ0n) is 32.2. The van der Waals surface area contributed by atoms with Crippen molar-refractivity contribution in [3.8, 4) is 62.8 Å². The number of hydrogen-bond acceptors (Lipinski definition) is 11. The van der Waals surface area contributed by atoms with Crippen molar-refractivity contribution in [2.75, 3.05) is 54.1 Å². The Morgan fingerprint density at radius 1 is 0.618 bits per heavy atom. The molecule has 0 aliphatic carbocycles. The van der Waals surface area contributed by atoms with Gasteiger partial charge < -0.3 is 43.0 Å². The number of nitrogens with one attached hydrogen (secondary N) is 2. The molecule has 5 aromatic rings. The molecular formula is C43H50ClN3O8. The standard InChI is InChI=1S/C43H50ClN3O8/c1-48-35-17-13-28(34-26-37(55-47-34)30-24-40(50-3)42(52-5)41(25-30)51-4)22-39(35)54-20-12-10-8-6-7-9-11-19-53-36-18-14-29(23-38(36)49-2)43-45-27-31-21-32(44)15-16-33(31)46-43/h13-18,21-26,43,45-46H,6-12,19-20,27H2,1-5H3. The lowest BCUT2D eigenvalue weighted by molar-refractivity contribution is 0.281. The normalized spacial score (nSPS) is 13.4. The Labute approximate surface area is 328 Å². The summed E-state index contributed by atoms with van der Waals surface area (Å²) in [6.07, 6.45) is 7.61. The van der Waals surface area contributed by atoms with Gasteiger partial charge in [-0.3, -0.25) is 5.32 Å². The van der Waals surface area contributed by atoms with Crippen molar-refractivity contribution in [2.45, 2.75) is 57.7 Å². The molecule has 12 heteroatoms. The highest BCUT2D eigenvalue weighted by molar-refractivity contribution is 6.30. The summed E-state index contributed by atoms with van der Waals surface area (Å²) in [6, 6.07) is 23.3. The molecule has 2 heterocycles. The van der Waals surface area contributed by atoms with E-state index in [0.29, 0.717) is 53.4 Å². The molecule has 4 aromatic carbocycles. The van der Waals surface area contributed by atoms with Gasteiger partial charge in [-0.25, -0.2) is 0 Å². The topological polar surface area (TPSA) is 115 Å². The van der Waals surface area contributed by atoms with Gasteiger partial charge in [0.15, 0.2) is 40.3 Å². The van der Waals surface area contributed by atoms with Gasteiger partial charge in [0.1, 0.15) is 11.9 Å². The number of ether oxygens (including phenoxy) is 7. The Kier molecular flexibility index (Phi) is 13.9. The predicted octanol–water partition coefficient (Wildman–Crippen LogP) is 10.1. The SMILES string of the molecule is COc1cc(C2NCc3cc(Cl)ccc3N2)ccc1OCCCCCCCCCOc1cc(-c2cc(-c3cc(OC)c(OC)c(OC)c3)on2)ccc1OC. The summed E-state index contributed by atoms with van der Waals surface area (Å²) in [5.41, 5.74) is 5.58. The molecule has 1 aliphatic heterocycles. The first-order valence-electron chi connectivity index (χ1n) is 18.6. The van der Waals surface area contributed by atoms with Crippen molar-refractivity contribution in [1.29, 1.82) is 0 Å². The van der Waals surface area contributed by atoms with Gasteiger partial charge >= 0.3 is 0 Å². The van der Waals surface area contributed by atoms with E-state index in [1.165, 1.54) is 6.42 Å². The van der Waals surface area contributed by atoms with Crippen molar-refractivity contribution in [3.63, 3.8) is 0 Å². The lowest BCUT2D eigenvalue weighted by Crippen LogP contribution is -2.32. The summed E-state index contributed by atoms with van der Waals surface area (Å²) in [7, 11) is 8.05. The molecular weight excluding hydrogens is 722 g/mol. The quantitative estimate of drug-likeness (QED) is 0.0737. The average molecular weight is 772 g/mol. The van der Waals surface area contributed by atoms with Crippen molar-refractivity contribution in [3.05, 3.63) is 88.9 Å². The molecule has 1 unspecified atom stereocenters. The minimum absolute atomic E-state index is 0.0275. The largest absolute Gasteiger partial charge is 0.493 e. The van der Waals surface area contributed by atoms with E-state index in [0.717, 1.165) is 89.5 Å². The molecule has 1 atom stereocenters. The van der Waals surface area contributed by atoms with Crippen molar-refractivity contribution < 1.29 is 37.7 Å². The lowest BCUT2D eigenvalue weighted by Gasteiger charge is -2.29. The van der Waals surface area contributed by atoms with Gasteiger partial charge in [0.2, 0.25) is 5.75 Å². The first-order chi connectivity index (χ1) is 26.9. The maximum Gasteiger partial charge on any atom is 0.203 e. The van der Waals surface area contributed by atoms with Gasteiger partial charge in [-0.15, -0.1) is 0 Å². The van der Waals surface area contributed by atoms with Crippen LogP contribution >= 0.6 is 11.6 Å². The number of anilines is 1. The lowest BCUT2D eigenvalue weighted by atomic mass is 10.1. The number of halogens is 1. The van der Waals surface area contributed by atoms with Crippen LogP contribution in [0, 0.1) is 0 Å². The van der Waals surface area contributed by atoms with Crippen molar-refractivity contribution >= 4 is 17.3 Å². The van der Waals surface area contributed by atoms with E-state index in [2.05, 4.69) is 21.9 Å². The second-order valence-electron chi connectivity index (χ2n) is 13.2. The van der Waals surface area contributed by atoms with Crippen LogP contribution in [0.3, 0.4) is 0 Å². The summed E-state index contributed by atoms with van der Waals surface area (Å²) < 4.78 is 45.7. The van der Waals surface area contributed by atoms with Crippen LogP contribution < -0.4 is 43.8 Å². The van der Waals surface area contributed by atoms with E-state index in [1.807, 2.05) is 66.7 Å². The van der Waals surface area contributed by atoms with Gasteiger partial charge in [0.05, 0.1) is 48.8 Å². The average Bonchev–Trinajstić information content (AvgIpc) is 3.72. The fourth-order valence-electron chi connectivity index (χ4n) is 6.62. The van der Waals surface area contributed by atoms with Crippen LogP contribution in [0.1, 0.15) is 62.2 Å². The Bertz CT molecular complexity index is 1990. The van der Waals surface area contributed by atoms with E-state index in [-0.39, 0.29) is 6.17 Å². The molecule has 2 N–H and O–H groups in total. The number of fused-ring (bicyclic) bond motifs is 1. The highest BCUT2D eigenvalue weighted by Crippen LogP contribution is 2.42. The van der Waals surface area contributed by atoms with Crippen molar-refractivity contribution in [1.82, 2.24) is 10.5 Å². The summed E-state index contributed by atoms with van der Waals surface area (Å²) >= 11 is 6.15. The van der Waals surface area contributed by atoms with Crippen LogP contribution in [-0.2, 0) is 6.54 Å². The third-order valence-corrected chi connectivity index (χ3v) is 9.84. The molecule has 0 spiro atoms. The molecule has 6 rings (SSSR count). The Balaban J connectivity index is 0.894. The third-order valence-electron chi connectivity index (χ3n) is 9.61. The van der Waals surface area contributed by atoms with Crippen LogP contribution in [0.5, 0.6) is 40.2 Å². The van der Waals surface area contributed by atoms with Gasteiger partial charge in [-0.2, -0.15) is 0 Å². The number of nitrogens with zero attached hydrogens (tertiary/aromatic N) is 1. The number of aromatic nitrogens is 1. The Hall–Kier alpha value is -5.26. The van der Waals surface area contributed by atoms with Crippen LogP contribution in [0.2, 0.25) is 5.02 Å². The van der Waals surface area contributed by atoms with Crippen LogP contribution in [0.4, 0.5) is 5.69 Å². The minimum Gasteiger partial charge on any atom is -0.493 e. The number of methoxy groups -OCH3 is 5. The van der Waals surface area contributed by atoms with E-state index in [1.54, 1.807) is 35.5 Å². The van der Waals surface area contributed by atoms with Gasteiger partial charge in [0, 0.05) is 34.4 Å². The fraction of sp³-hybridized carbons (Fsp3) is 0.372. The number of rotatable bonds is 20. The number of unbranched alkanes of at least 4 members (excludes halogenated alkanes) is 6. The molecule has 55 heavy (non-hydrogen) atoms. The molecule has 0 amide bonds. The minimum atomic E-state index is -0.0275. The van der Waals surface area contributed by atoms with Gasteiger partial charge in [-0.05, 0) is 84.6 Å². The first-order valence-corrected chi connectivity index (χ1v) is 19.0. The highest BCUT2D eigenvalue weighted by atomic mass is 35.5. The molecule has 1 aromatic heterocycles. The zero-order chi connectivity index (χ0) is 38.6. The van der Waals surface area contributed by atoms with Crippen LogP contribution in [0.15, 0.2) is 77.3 Å². The summed E-state index contributed by atoms with van der Waals surface area (Å²) in [4.78, 5) is 0. The van der Waals surface area contributed by atoms with Crippen LogP contribution in [-0.4, -0.2) is 53.9 Å². The van der Waals surface area contributed by atoms with E-state index in [4.69, 9.17) is 49.3 Å². The maximum absolute atomic E-state index is 6.18. The number of hydrogen-bond donors (Lipinski definition) is 2. The Morgan fingerprint density at radius 3 is 1.93 bits per heavy atom. The summed E-state index contributed by atoms with van der Waals surface area (Å²) in [5.74, 6) is 4.97. The zero-order valence-corrected chi connectivity index (χ0v) is 32.9. The van der Waals surface area contributed by atoms with E-state index >= 15 is 0 Å². The first kappa shape index (κ1) is 39.4. The van der Waals surface area contributed by atoms with E-state index in [9.17, 15) is 0 Å². The van der Waals surface area contributed by atoms with Gasteiger partial charge in [-0.1, -0.05) is 54.9 Å². The molecule has 0 fully saturated rings. The second-order valence-corrected chi connectivity index (χ2v) is 13.6. The van der Waals surface area contributed by atoms with Gasteiger partial charge in [0.25, 0.3) is 0 Å². The predicted molar refractivity (Wildman–Crippen MR) is 215 cm³/mol. The van der Waals surface area contributed by atoms with E-state index < -0.39 is 0 Å². The molecule has 0 saturated heterocycles. The summed E-state index contributed by atoms with van der Waals surface area (Å²) in [5, 5.41) is 12.1. The molecule has 0 bridgehead atoms. The highest BCUT2D eigenvalue weighted by Gasteiger charge is 2.21. The maximum atomic E-state index is 6.18. The molecule has 292 valence electrons. The monoisotopic (exact) mass is 771 g/mol. The molecule has 0 radical (unpaired) electrons.